The summed E-state index contributed by atoms with van der Waals surface area (Å²) in [4.78, 5) is 0. The molecule has 0 aliphatic carbocycles. The molecule has 0 unspecified atom stereocenters. The molecule has 2 aliphatic rings. The van der Waals surface area contributed by atoms with Crippen LogP contribution in [0.3, 0.4) is 0 Å². The van der Waals surface area contributed by atoms with Gasteiger partial charge in [-0.25, -0.2) is 0 Å². The molecular formula is C15H30O5Si. The Balaban J connectivity index is 1.95. The summed E-state index contributed by atoms with van der Waals surface area (Å²) in [5, 5.41) is 10.4. The summed E-state index contributed by atoms with van der Waals surface area (Å²) in [6.45, 7) is 13.8. The number of hydrogen-bond acceptors (Lipinski definition) is 5. The van der Waals surface area contributed by atoms with Gasteiger partial charge in [0.15, 0.2) is 14.6 Å². The molecule has 0 aromatic heterocycles. The molecular weight excluding hydrogens is 288 g/mol. The molecule has 5 nitrogen and oxygen atoms in total. The van der Waals surface area contributed by atoms with Gasteiger partial charge in [0.2, 0.25) is 0 Å². The van der Waals surface area contributed by atoms with Crippen molar-refractivity contribution >= 4 is 8.32 Å². The first-order chi connectivity index (χ1) is 9.61. The van der Waals surface area contributed by atoms with Gasteiger partial charge in [-0.3, -0.25) is 0 Å². The lowest BCUT2D eigenvalue weighted by molar-refractivity contribution is -0.206. The lowest BCUT2D eigenvalue weighted by atomic mass is 9.99. The van der Waals surface area contributed by atoms with Crippen LogP contribution in [0, 0.1) is 5.92 Å². The molecule has 0 radical (unpaired) electrons. The predicted molar refractivity (Wildman–Crippen MR) is 82.7 cm³/mol. The minimum Gasteiger partial charge on any atom is -0.414 e. The van der Waals surface area contributed by atoms with E-state index in [0.717, 1.165) is 0 Å². The maximum absolute atomic E-state index is 10.2. The van der Waals surface area contributed by atoms with Gasteiger partial charge in [0.1, 0.15) is 24.4 Å². The number of epoxide rings is 1. The van der Waals surface area contributed by atoms with Crippen LogP contribution in [0.4, 0.5) is 0 Å². The second-order valence-electron chi connectivity index (χ2n) is 7.53. The van der Waals surface area contributed by atoms with E-state index in [4.69, 9.17) is 18.6 Å². The van der Waals surface area contributed by atoms with E-state index in [1.807, 2.05) is 0 Å². The minimum atomic E-state index is -1.92. The Kier molecular flexibility index (Phi) is 4.88. The molecule has 2 saturated heterocycles. The number of hydrogen-bond donors (Lipinski definition) is 1. The van der Waals surface area contributed by atoms with Crippen LogP contribution >= 0.6 is 0 Å². The Bertz CT molecular complexity index is 371. The average molecular weight is 318 g/mol. The van der Waals surface area contributed by atoms with Gasteiger partial charge in [0.25, 0.3) is 0 Å². The van der Waals surface area contributed by atoms with Crippen LogP contribution in [0.15, 0.2) is 0 Å². The summed E-state index contributed by atoms with van der Waals surface area (Å²) in [5.41, 5.74) is 0. The maximum Gasteiger partial charge on any atom is 0.192 e. The standard InChI is InChI=1S/C15H30O5Si/c1-9(2)15(3,4)21(6,7)18-8-10-11(16)12-13(20-12)14(17-5)19-10/h9-14,16H,8H2,1-7H3/t10-,11-,12-,13-,14-/m1/s1. The quantitative estimate of drug-likeness (QED) is 0.600. The van der Waals surface area contributed by atoms with E-state index in [2.05, 4.69) is 40.8 Å². The van der Waals surface area contributed by atoms with Crippen molar-refractivity contribution in [2.24, 2.45) is 5.92 Å². The van der Waals surface area contributed by atoms with Crippen molar-refractivity contribution in [3.63, 3.8) is 0 Å². The molecule has 0 bridgehead atoms. The van der Waals surface area contributed by atoms with E-state index in [-0.39, 0.29) is 23.4 Å². The van der Waals surface area contributed by atoms with E-state index >= 15 is 0 Å². The number of fused-ring (bicyclic) bond motifs is 1. The summed E-state index contributed by atoms with van der Waals surface area (Å²) in [6.07, 6.45) is -1.70. The molecule has 6 heteroatoms. The highest BCUT2D eigenvalue weighted by atomic mass is 28.4. The largest absolute Gasteiger partial charge is 0.414 e. The second kappa shape index (κ2) is 5.90. The molecule has 2 heterocycles. The first-order valence-electron chi connectivity index (χ1n) is 7.77. The van der Waals surface area contributed by atoms with E-state index in [9.17, 15) is 5.11 Å². The van der Waals surface area contributed by atoms with Crippen LogP contribution < -0.4 is 0 Å². The molecule has 0 aromatic carbocycles. The Labute approximate surface area is 129 Å². The molecule has 1 N–H and O–H groups in total. The Morgan fingerprint density at radius 2 is 1.81 bits per heavy atom. The maximum atomic E-state index is 10.2. The highest BCUT2D eigenvalue weighted by molar-refractivity contribution is 6.74. The van der Waals surface area contributed by atoms with Gasteiger partial charge < -0.3 is 23.7 Å². The van der Waals surface area contributed by atoms with Gasteiger partial charge in [-0.15, -0.1) is 0 Å². The summed E-state index contributed by atoms with van der Waals surface area (Å²) in [5.74, 6) is 0.541. The van der Waals surface area contributed by atoms with Gasteiger partial charge in [-0.05, 0) is 24.1 Å². The van der Waals surface area contributed by atoms with Gasteiger partial charge in [-0.2, -0.15) is 0 Å². The molecule has 0 saturated carbocycles. The van der Waals surface area contributed by atoms with E-state index in [1.54, 1.807) is 7.11 Å². The molecule has 0 aromatic rings. The van der Waals surface area contributed by atoms with Gasteiger partial charge >= 0.3 is 0 Å². The monoisotopic (exact) mass is 318 g/mol. The van der Waals surface area contributed by atoms with Gasteiger partial charge in [-0.1, -0.05) is 27.7 Å². The number of methoxy groups -OCH3 is 1. The third kappa shape index (κ3) is 3.21. The summed E-state index contributed by atoms with van der Waals surface area (Å²) < 4.78 is 22.7. The fourth-order valence-electron chi connectivity index (χ4n) is 2.67. The fraction of sp³-hybridized carbons (Fsp3) is 1.00. The molecule has 124 valence electrons. The first-order valence-corrected chi connectivity index (χ1v) is 10.7. The number of ether oxygens (including phenoxy) is 3. The first kappa shape index (κ1) is 17.4. The van der Waals surface area contributed by atoms with E-state index in [0.29, 0.717) is 12.5 Å². The van der Waals surface area contributed by atoms with Gasteiger partial charge in [0.05, 0.1) is 6.61 Å². The Morgan fingerprint density at radius 3 is 2.33 bits per heavy atom. The molecule has 5 atom stereocenters. The third-order valence-corrected chi connectivity index (χ3v) is 10.3. The van der Waals surface area contributed by atoms with Crippen LogP contribution in [-0.4, -0.2) is 57.8 Å². The highest BCUT2D eigenvalue weighted by Crippen LogP contribution is 2.45. The zero-order valence-corrected chi connectivity index (χ0v) is 15.3. The van der Waals surface area contributed by atoms with Crippen LogP contribution in [-0.2, 0) is 18.6 Å². The molecule has 2 fully saturated rings. The molecule has 0 spiro atoms. The van der Waals surface area contributed by atoms with Crippen LogP contribution in [0.2, 0.25) is 18.1 Å². The smallest absolute Gasteiger partial charge is 0.192 e. The van der Waals surface area contributed by atoms with Crippen LogP contribution in [0.5, 0.6) is 0 Å². The third-order valence-electron chi connectivity index (χ3n) is 5.69. The van der Waals surface area contributed by atoms with Crippen LogP contribution in [0.1, 0.15) is 27.7 Å². The summed E-state index contributed by atoms with van der Waals surface area (Å²) >= 11 is 0. The lowest BCUT2D eigenvalue weighted by Gasteiger charge is -2.43. The van der Waals surface area contributed by atoms with Crippen molar-refractivity contribution in [3.8, 4) is 0 Å². The number of rotatable bonds is 6. The van der Waals surface area contributed by atoms with Crippen molar-refractivity contribution in [2.75, 3.05) is 13.7 Å². The van der Waals surface area contributed by atoms with Gasteiger partial charge in [0, 0.05) is 7.11 Å². The Hall–Kier alpha value is 0.0169. The summed E-state index contributed by atoms with van der Waals surface area (Å²) in [6, 6.07) is 0. The number of aliphatic hydroxyl groups excluding tert-OH is 1. The SMILES string of the molecule is CO[C@@H]1O[C@H](CO[Si](C)(C)C(C)(C)C(C)C)[C@@H](O)[C@H]2O[C@@H]12. The van der Waals surface area contributed by atoms with Crippen molar-refractivity contribution in [1.29, 1.82) is 0 Å². The zero-order chi connectivity index (χ0) is 16.0. The van der Waals surface area contributed by atoms with E-state index < -0.39 is 20.7 Å². The molecule has 2 aliphatic heterocycles. The van der Waals surface area contributed by atoms with Crippen LogP contribution in [0.25, 0.3) is 0 Å². The molecule has 0 amide bonds. The Morgan fingerprint density at radius 1 is 1.19 bits per heavy atom. The van der Waals surface area contributed by atoms with Crippen molar-refractivity contribution in [2.45, 2.75) is 76.5 Å². The topological polar surface area (TPSA) is 60.5 Å². The lowest BCUT2D eigenvalue weighted by Crippen LogP contribution is -2.52. The molecule has 2 rings (SSSR count). The highest BCUT2D eigenvalue weighted by Gasteiger charge is 2.58. The molecule has 21 heavy (non-hydrogen) atoms. The summed E-state index contributed by atoms with van der Waals surface area (Å²) in [7, 11) is -0.324. The van der Waals surface area contributed by atoms with Crippen molar-refractivity contribution in [1.82, 2.24) is 0 Å². The predicted octanol–water partition coefficient (Wildman–Crippen LogP) is 2.14. The minimum absolute atomic E-state index is 0.126. The van der Waals surface area contributed by atoms with Crippen molar-refractivity contribution < 1.29 is 23.7 Å². The normalized spacial score (nSPS) is 36.7. The fourth-order valence-corrected chi connectivity index (χ4v) is 5.01. The zero-order valence-electron chi connectivity index (χ0n) is 14.3. The second-order valence-corrected chi connectivity index (χ2v) is 12.1. The van der Waals surface area contributed by atoms with Crippen molar-refractivity contribution in [3.05, 3.63) is 0 Å². The number of aliphatic hydroxyl groups is 1. The average Bonchev–Trinajstić information content (AvgIpc) is 3.18. The van der Waals surface area contributed by atoms with E-state index in [1.165, 1.54) is 0 Å².